The van der Waals surface area contributed by atoms with Crippen molar-refractivity contribution in [1.29, 1.82) is 0 Å². The molecule has 0 aliphatic rings. The third kappa shape index (κ3) is 4.32. The zero-order chi connectivity index (χ0) is 15.2. The fourth-order valence-corrected chi connectivity index (χ4v) is 2.21. The summed E-state index contributed by atoms with van der Waals surface area (Å²) >= 11 is 0. The lowest BCUT2D eigenvalue weighted by Crippen LogP contribution is -2.31. The van der Waals surface area contributed by atoms with E-state index in [1.54, 1.807) is 0 Å². The highest BCUT2D eigenvalue weighted by molar-refractivity contribution is 7.88. The molecule has 0 radical (unpaired) electrons. The van der Waals surface area contributed by atoms with Gasteiger partial charge in [-0.2, -0.15) is 0 Å². The minimum absolute atomic E-state index is 0.0130. The van der Waals surface area contributed by atoms with Crippen molar-refractivity contribution < 1.29 is 17.6 Å². The van der Waals surface area contributed by atoms with Gasteiger partial charge in [0.1, 0.15) is 0 Å². The molecule has 0 unspecified atom stereocenters. The summed E-state index contributed by atoms with van der Waals surface area (Å²) in [6.45, 7) is 4.06. The highest BCUT2D eigenvalue weighted by atomic mass is 32.2. The molecule has 1 rings (SSSR count). The van der Waals surface area contributed by atoms with Gasteiger partial charge in [-0.3, -0.25) is 4.79 Å². The van der Waals surface area contributed by atoms with Gasteiger partial charge in [0.05, 0.1) is 0 Å². The number of nitrogens with zero attached hydrogens (tertiary/aromatic N) is 1. The SMILES string of the molecule is CCCNCCNC(=O)c1ccc(S(=O)(=O)N(C)C)o1. The van der Waals surface area contributed by atoms with Gasteiger partial charge < -0.3 is 15.1 Å². The fraction of sp³-hybridized carbons (Fsp3) is 0.583. The average molecular weight is 303 g/mol. The minimum Gasteiger partial charge on any atom is -0.438 e. The van der Waals surface area contributed by atoms with E-state index in [9.17, 15) is 13.2 Å². The maximum absolute atomic E-state index is 11.8. The van der Waals surface area contributed by atoms with Crippen molar-refractivity contribution in [2.24, 2.45) is 0 Å². The van der Waals surface area contributed by atoms with Crippen molar-refractivity contribution in [2.75, 3.05) is 33.7 Å². The summed E-state index contributed by atoms with van der Waals surface area (Å²) in [5.41, 5.74) is 0. The molecule has 0 aliphatic heterocycles. The van der Waals surface area contributed by atoms with E-state index in [4.69, 9.17) is 4.42 Å². The predicted molar refractivity (Wildman–Crippen MR) is 75.1 cm³/mol. The Balaban J connectivity index is 2.57. The molecule has 0 saturated carbocycles. The molecule has 0 saturated heterocycles. The fourth-order valence-electron chi connectivity index (χ4n) is 1.41. The quantitative estimate of drug-likeness (QED) is 0.672. The Labute approximate surface area is 119 Å². The van der Waals surface area contributed by atoms with Crippen LogP contribution in [-0.4, -0.2) is 52.4 Å². The largest absolute Gasteiger partial charge is 0.438 e. The molecule has 0 aliphatic carbocycles. The molecule has 1 aromatic heterocycles. The van der Waals surface area contributed by atoms with Crippen LogP contribution in [0.15, 0.2) is 21.6 Å². The minimum atomic E-state index is -3.65. The van der Waals surface area contributed by atoms with Crippen LogP contribution in [-0.2, 0) is 10.0 Å². The smallest absolute Gasteiger partial charge is 0.287 e. The number of amides is 1. The number of carbonyl (C=O) groups is 1. The van der Waals surface area contributed by atoms with E-state index in [-0.39, 0.29) is 10.9 Å². The normalized spacial score (nSPS) is 11.8. The summed E-state index contributed by atoms with van der Waals surface area (Å²) in [6.07, 6.45) is 1.03. The van der Waals surface area contributed by atoms with Crippen LogP contribution in [0, 0.1) is 0 Å². The molecule has 1 heterocycles. The zero-order valence-electron chi connectivity index (χ0n) is 12.0. The molecule has 0 spiro atoms. The van der Waals surface area contributed by atoms with Gasteiger partial charge in [0.2, 0.25) is 5.09 Å². The number of carbonyl (C=O) groups excluding carboxylic acids is 1. The highest BCUT2D eigenvalue weighted by Crippen LogP contribution is 2.16. The molecule has 7 nitrogen and oxygen atoms in total. The van der Waals surface area contributed by atoms with Crippen molar-refractivity contribution in [1.82, 2.24) is 14.9 Å². The Morgan fingerprint density at radius 1 is 1.25 bits per heavy atom. The first kappa shape index (κ1) is 16.7. The zero-order valence-corrected chi connectivity index (χ0v) is 12.8. The number of nitrogens with one attached hydrogen (secondary N) is 2. The van der Waals surface area contributed by atoms with Crippen molar-refractivity contribution >= 4 is 15.9 Å². The number of rotatable bonds is 8. The molecule has 114 valence electrons. The van der Waals surface area contributed by atoms with E-state index >= 15 is 0 Å². The summed E-state index contributed by atoms with van der Waals surface area (Å²) in [6, 6.07) is 2.63. The van der Waals surface area contributed by atoms with Crippen LogP contribution in [0.25, 0.3) is 0 Å². The maximum Gasteiger partial charge on any atom is 0.287 e. The first-order chi connectivity index (χ1) is 9.39. The third-order valence-electron chi connectivity index (χ3n) is 2.55. The van der Waals surface area contributed by atoms with Crippen LogP contribution in [0.5, 0.6) is 0 Å². The van der Waals surface area contributed by atoms with Gasteiger partial charge in [-0.1, -0.05) is 6.92 Å². The summed E-state index contributed by atoms with van der Waals surface area (Å²) < 4.78 is 29.7. The van der Waals surface area contributed by atoms with Crippen LogP contribution in [0.2, 0.25) is 0 Å². The summed E-state index contributed by atoms with van der Waals surface area (Å²) in [5, 5.41) is 5.55. The molecule has 0 fully saturated rings. The van der Waals surface area contributed by atoms with Crippen molar-refractivity contribution in [3.63, 3.8) is 0 Å². The van der Waals surface area contributed by atoms with Crippen molar-refractivity contribution in [3.8, 4) is 0 Å². The number of hydrogen-bond donors (Lipinski definition) is 2. The van der Waals surface area contributed by atoms with E-state index < -0.39 is 15.9 Å². The molecule has 1 aromatic rings. The first-order valence-electron chi connectivity index (χ1n) is 6.41. The Bertz CT molecular complexity index is 537. The van der Waals surface area contributed by atoms with E-state index in [1.165, 1.54) is 26.2 Å². The lowest BCUT2D eigenvalue weighted by atomic mass is 10.4. The summed E-state index contributed by atoms with van der Waals surface area (Å²) in [4.78, 5) is 11.7. The van der Waals surface area contributed by atoms with Gasteiger partial charge >= 0.3 is 0 Å². The van der Waals surface area contributed by atoms with Crippen LogP contribution in [0.3, 0.4) is 0 Å². The first-order valence-corrected chi connectivity index (χ1v) is 7.85. The third-order valence-corrected chi connectivity index (χ3v) is 4.24. The lowest BCUT2D eigenvalue weighted by Gasteiger charge is -2.08. The summed E-state index contributed by atoms with van der Waals surface area (Å²) in [7, 11) is -0.848. The van der Waals surface area contributed by atoms with Gasteiger partial charge in [-0.15, -0.1) is 0 Å². The Morgan fingerprint density at radius 2 is 1.95 bits per heavy atom. The molecule has 2 N–H and O–H groups in total. The molecule has 0 bridgehead atoms. The summed E-state index contributed by atoms with van der Waals surface area (Å²) in [5.74, 6) is -0.440. The highest BCUT2D eigenvalue weighted by Gasteiger charge is 2.23. The predicted octanol–water partition coefficient (Wildman–Crippen LogP) is 0.259. The monoisotopic (exact) mass is 303 g/mol. The molecular formula is C12H21N3O4S. The number of sulfonamides is 1. The Morgan fingerprint density at radius 3 is 2.55 bits per heavy atom. The Kier molecular flexibility index (Phi) is 6.18. The average Bonchev–Trinajstić information content (AvgIpc) is 2.88. The van der Waals surface area contributed by atoms with Gasteiger partial charge in [0.25, 0.3) is 15.9 Å². The maximum atomic E-state index is 11.8. The van der Waals surface area contributed by atoms with E-state index in [0.29, 0.717) is 13.1 Å². The molecule has 1 amide bonds. The van der Waals surface area contributed by atoms with E-state index in [1.807, 2.05) is 0 Å². The van der Waals surface area contributed by atoms with Crippen LogP contribution >= 0.6 is 0 Å². The number of hydrogen-bond acceptors (Lipinski definition) is 5. The topological polar surface area (TPSA) is 91.6 Å². The molecule has 0 atom stereocenters. The van der Waals surface area contributed by atoms with E-state index in [0.717, 1.165) is 17.3 Å². The second kappa shape index (κ2) is 7.41. The Hall–Kier alpha value is -1.38. The van der Waals surface area contributed by atoms with Crippen LogP contribution < -0.4 is 10.6 Å². The van der Waals surface area contributed by atoms with Crippen LogP contribution in [0.4, 0.5) is 0 Å². The van der Waals surface area contributed by atoms with Crippen molar-refractivity contribution in [2.45, 2.75) is 18.4 Å². The molecular weight excluding hydrogens is 282 g/mol. The molecule has 8 heteroatoms. The number of furan rings is 1. The van der Waals surface area contributed by atoms with Gasteiger partial charge in [-0.05, 0) is 25.1 Å². The molecule has 0 aromatic carbocycles. The van der Waals surface area contributed by atoms with Crippen LogP contribution in [0.1, 0.15) is 23.9 Å². The second-order valence-electron chi connectivity index (χ2n) is 4.41. The van der Waals surface area contributed by atoms with Gasteiger partial charge in [0.15, 0.2) is 5.76 Å². The second-order valence-corrected chi connectivity index (χ2v) is 6.49. The standard InChI is InChI=1S/C12H21N3O4S/c1-4-7-13-8-9-14-12(16)10-5-6-11(19-10)20(17,18)15(2)3/h5-6,13H,4,7-9H2,1-3H3,(H,14,16). The van der Waals surface area contributed by atoms with Crippen molar-refractivity contribution in [3.05, 3.63) is 17.9 Å². The lowest BCUT2D eigenvalue weighted by molar-refractivity contribution is 0.0920. The molecule has 20 heavy (non-hydrogen) atoms. The van der Waals surface area contributed by atoms with Gasteiger partial charge in [-0.25, -0.2) is 12.7 Å². The van der Waals surface area contributed by atoms with E-state index in [2.05, 4.69) is 17.6 Å². The van der Waals surface area contributed by atoms with Gasteiger partial charge in [0, 0.05) is 27.2 Å².